The van der Waals surface area contributed by atoms with Crippen LogP contribution in [0, 0.1) is 35.0 Å². The monoisotopic (exact) mass is 496 g/mol. The maximum atomic E-state index is 3.86. The van der Waals surface area contributed by atoms with Crippen LogP contribution < -0.4 is 0 Å². The lowest BCUT2D eigenvalue weighted by Crippen LogP contribution is -2.42. The van der Waals surface area contributed by atoms with Crippen molar-refractivity contribution in [1.29, 1.82) is 0 Å². The molecule has 0 nitrogen and oxygen atoms in total. The predicted octanol–water partition coefficient (Wildman–Crippen LogP) is 8.29. The fourth-order valence-electron chi connectivity index (χ4n) is 6.60. The quantitative estimate of drug-likeness (QED) is 0.209. The summed E-state index contributed by atoms with van der Waals surface area (Å²) in [4.78, 5) is 0. The number of hydrogen-bond acceptors (Lipinski definition) is 0. The summed E-state index contributed by atoms with van der Waals surface area (Å²) >= 11 is 2.53. The minimum absolute atomic E-state index is 0.0989. The van der Waals surface area contributed by atoms with Crippen LogP contribution in [-0.4, -0.2) is 0 Å². The van der Waals surface area contributed by atoms with E-state index in [-0.39, 0.29) is 5.41 Å². The van der Waals surface area contributed by atoms with Crippen molar-refractivity contribution < 1.29 is 0 Å². The lowest BCUT2D eigenvalue weighted by Gasteiger charge is -2.49. The molecule has 1 fully saturated rings. The summed E-state index contributed by atoms with van der Waals surface area (Å²) < 4.78 is 1.41. The van der Waals surface area contributed by atoms with E-state index in [2.05, 4.69) is 111 Å². The average molecular weight is 496 g/mol. The Bertz CT molecular complexity index is 887. The number of allylic oxidation sites excluding steroid dienone is 15. The number of halogens is 1. The highest BCUT2D eigenvalue weighted by molar-refractivity contribution is 14.1. The van der Waals surface area contributed by atoms with Gasteiger partial charge in [-0.15, -0.1) is 0 Å². The van der Waals surface area contributed by atoms with Crippen LogP contribution in [0.15, 0.2) is 93.7 Å². The molecule has 152 valence electrons. The van der Waals surface area contributed by atoms with E-state index in [1.54, 1.807) is 5.57 Å². The van der Waals surface area contributed by atoms with Gasteiger partial charge in [-0.05, 0) is 91.4 Å². The predicted molar refractivity (Wildman–Crippen MR) is 135 cm³/mol. The number of rotatable bonds is 4. The molecule has 0 aromatic heterocycles. The zero-order valence-electron chi connectivity index (χ0n) is 17.9. The van der Waals surface area contributed by atoms with E-state index in [4.69, 9.17) is 0 Å². The van der Waals surface area contributed by atoms with Gasteiger partial charge >= 0.3 is 0 Å². The van der Waals surface area contributed by atoms with Gasteiger partial charge in [-0.3, -0.25) is 0 Å². The highest BCUT2D eigenvalue weighted by atomic mass is 127. The molecule has 0 bridgehead atoms. The van der Waals surface area contributed by atoms with Crippen molar-refractivity contribution >= 4 is 22.6 Å². The van der Waals surface area contributed by atoms with E-state index >= 15 is 0 Å². The van der Waals surface area contributed by atoms with E-state index in [1.807, 2.05) is 6.08 Å². The van der Waals surface area contributed by atoms with E-state index in [0.717, 1.165) is 0 Å². The Balaban J connectivity index is 1.98. The topological polar surface area (TPSA) is 0 Å². The summed E-state index contributed by atoms with van der Waals surface area (Å²) in [5.74, 6) is 3.02. The molecule has 0 heterocycles. The Morgan fingerprint density at radius 1 is 1.28 bits per heavy atom. The normalized spacial score (nSPS) is 39.0. The maximum absolute atomic E-state index is 3.86. The summed E-state index contributed by atoms with van der Waals surface area (Å²) in [7, 11) is 0. The second kappa shape index (κ2) is 8.41. The molecule has 1 heteroatoms. The van der Waals surface area contributed by atoms with Crippen molar-refractivity contribution in [3.05, 3.63) is 93.7 Å². The highest BCUT2D eigenvalue weighted by Gasteiger charge is 2.60. The Hall–Kier alpha value is -1.35. The van der Waals surface area contributed by atoms with Gasteiger partial charge in [-0.25, -0.2) is 0 Å². The van der Waals surface area contributed by atoms with Gasteiger partial charge < -0.3 is 0 Å². The van der Waals surface area contributed by atoms with Crippen molar-refractivity contribution in [1.82, 2.24) is 0 Å². The second-order valence-corrected chi connectivity index (χ2v) is 10.5. The van der Waals surface area contributed by atoms with Crippen LogP contribution in [0.25, 0.3) is 0 Å². The van der Waals surface area contributed by atoms with Gasteiger partial charge in [0.25, 0.3) is 0 Å². The fourth-order valence-corrected chi connectivity index (χ4v) is 7.19. The van der Waals surface area contributed by atoms with Crippen LogP contribution in [0.5, 0.6) is 0 Å². The third-order valence-corrected chi connectivity index (χ3v) is 8.47. The largest absolute Gasteiger partial charge is 0.0991 e. The molecule has 0 aromatic rings. The lowest BCUT2D eigenvalue weighted by molar-refractivity contribution is 0.149. The Morgan fingerprint density at radius 2 is 2.10 bits per heavy atom. The van der Waals surface area contributed by atoms with Crippen molar-refractivity contribution in [2.45, 2.75) is 40.0 Å². The van der Waals surface area contributed by atoms with E-state index < -0.39 is 0 Å². The molecule has 0 N–H and O–H groups in total. The molecular formula is C28H33I. The minimum Gasteiger partial charge on any atom is -0.0991 e. The Kier molecular flexibility index (Phi) is 6.06. The summed E-state index contributed by atoms with van der Waals surface area (Å²) in [5, 5.41) is 0. The maximum Gasteiger partial charge on any atom is 0.0230 e. The average Bonchev–Trinajstić information content (AvgIpc) is 2.98. The van der Waals surface area contributed by atoms with Crippen molar-refractivity contribution in [3.63, 3.8) is 0 Å². The standard InChI is InChI=1S/C28H33I/c1-5-6-7-11-21(4)28(25-12-9-8-10-20(25)3)26-17-19(2)13-15-23(26)24-16-14-22(29)18-27(24)28/h5-8,10-11,13-15,17-18,20,23-26H,1,9,12,16H2,2-4H3/b7-6-,21-11+/t20-,23?,24?,25?,26?,28?/m1/s1. The molecule has 4 rings (SSSR count). The first-order valence-corrected chi connectivity index (χ1v) is 12.2. The molecule has 0 aliphatic heterocycles. The molecule has 1 saturated carbocycles. The summed E-state index contributed by atoms with van der Waals surface area (Å²) in [6.07, 6.45) is 29.5. The van der Waals surface area contributed by atoms with Crippen LogP contribution in [0.1, 0.15) is 40.0 Å². The first-order chi connectivity index (χ1) is 14.0. The summed E-state index contributed by atoms with van der Waals surface area (Å²) in [6, 6.07) is 0. The summed E-state index contributed by atoms with van der Waals surface area (Å²) in [6.45, 7) is 11.0. The Labute approximate surface area is 190 Å². The Morgan fingerprint density at radius 3 is 2.86 bits per heavy atom. The molecule has 4 aliphatic rings. The molecular weight excluding hydrogens is 463 g/mol. The first kappa shape index (κ1) is 20.9. The van der Waals surface area contributed by atoms with Crippen LogP contribution in [0.4, 0.5) is 0 Å². The molecule has 6 atom stereocenters. The molecule has 4 aliphatic carbocycles. The molecule has 0 aromatic carbocycles. The van der Waals surface area contributed by atoms with Crippen molar-refractivity contribution in [2.75, 3.05) is 0 Å². The third kappa shape index (κ3) is 3.44. The number of fused-ring (bicyclic) bond motifs is 3. The van der Waals surface area contributed by atoms with Gasteiger partial charge in [-0.1, -0.05) is 91.0 Å². The van der Waals surface area contributed by atoms with Gasteiger partial charge in [-0.2, -0.15) is 0 Å². The van der Waals surface area contributed by atoms with E-state index in [0.29, 0.717) is 29.6 Å². The summed E-state index contributed by atoms with van der Waals surface area (Å²) in [5.41, 5.74) is 4.74. The van der Waals surface area contributed by atoms with Gasteiger partial charge in [0.2, 0.25) is 0 Å². The van der Waals surface area contributed by atoms with Crippen molar-refractivity contribution in [3.8, 4) is 0 Å². The van der Waals surface area contributed by atoms with Crippen LogP contribution >= 0.6 is 22.6 Å². The first-order valence-electron chi connectivity index (χ1n) is 11.1. The molecule has 0 saturated heterocycles. The third-order valence-electron chi connectivity index (χ3n) is 7.72. The lowest BCUT2D eigenvalue weighted by atomic mass is 9.55. The molecule has 0 amide bonds. The van der Waals surface area contributed by atoms with Crippen molar-refractivity contribution in [2.24, 2.45) is 35.0 Å². The molecule has 0 spiro atoms. The fraction of sp³-hybridized carbons (Fsp3) is 0.429. The zero-order valence-corrected chi connectivity index (χ0v) is 20.1. The van der Waals surface area contributed by atoms with Crippen LogP contribution in [0.3, 0.4) is 0 Å². The number of hydrogen-bond donors (Lipinski definition) is 0. The molecule has 0 radical (unpaired) electrons. The van der Waals surface area contributed by atoms with Gasteiger partial charge in [0.15, 0.2) is 0 Å². The van der Waals surface area contributed by atoms with Gasteiger partial charge in [0.05, 0.1) is 0 Å². The molecule has 5 unspecified atom stereocenters. The smallest absolute Gasteiger partial charge is 0.0230 e. The second-order valence-electron chi connectivity index (χ2n) is 9.21. The highest BCUT2D eigenvalue weighted by Crippen LogP contribution is 2.67. The van der Waals surface area contributed by atoms with E-state index in [9.17, 15) is 0 Å². The van der Waals surface area contributed by atoms with Crippen LogP contribution in [0.2, 0.25) is 0 Å². The van der Waals surface area contributed by atoms with Crippen LogP contribution in [-0.2, 0) is 0 Å². The zero-order chi connectivity index (χ0) is 20.6. The van der Waals surface area contributed by atoms with E-state index in [1.165, 1.54) is 34.0 Å². The molecule has 29 heavy (non-hydrogen) atoms. The SMILES string of the molecule is C=C/C=C\C=C(/C)C1(C2CCC=C[C@H]2C)C2=CC(I)=CCC2C2C=CC(C)=CC21. The van der Waals surface area contributed by atoms with Gasteiger partial charge in [0.1, 0.15) is 0 Å². The minimum atomic E-state index is 0.0989. The van der Waals surface area contributed by atoms with Gasteiger partial charge in [0, 0.05) is 8.99 Å².